The van der Waals surface area contributed by atoms with Crippen LogP contribution in [0, 0.1) is 0 Å². The lowest BCUT2D eigenvalue weighted by Crippen LogP contribution is -2.37. The molecule has 6 rings (SSSR count). The van der Waals surface area contributed by atoms with Gasteiger partial charge in [0.05, 0.1) is 36.4 Å². The molecule has 0 saturated carbocycles. The lowest BCUT2D eigenvalue weighted by molar-refractivity contribution is -0.645. The number of rotatable bonds is 8. The molecule has 202 valence electrons. The molecule has 0 amide bonds. The summed E-state index contributed by atoms with van der Waals surface area (Å²) in [6, 6.07) is 25.3. The topological polar surface area (TPSA) is 51.6 Å². The van der Waals surface area contributed by atoms with E-state index in [1.54, 1.807) is 14.2 Å². The lowest BCUT2D eigenvalue weighted by Gasteiger charge is -2.34. The van der Waals surface area contributed by atoms with E-state index in [0.29, 0.717) is 0 Å². The molecule has 0 fully saturated rings. The van der Waals surface area contributed by atoms with Crippen LogP contribution >= 0.6 is 0 Å². The molecule has 1 aliphatic heterocycles. The Morgan fingerprint density at radius 2 is 1.50 bits per heavy atom. The molecular weight excluding hydrogens is 494 g/mol. The van der Waals surface area contributed by atoms with E-state index in [4.69, 9.17) is 15.2 Å². The predicted octanol–water partition coefficient (Wildman–Crippen LogP) is 7.99. The number of nitrogens with zero attached hydrogens (tertiary/aromatic N) is 2. The molecule has 1 aromatic heterocycles. The molecule has 0 unspecified atom stereocenters. The molecule has 5 aromatic rings. The highest BCUT2D eigenvalue weighted by Crippen LogP contribution is 2.54. The van der Waals surface area contributed by atoms with E-state index in [1.165, 1.54) is 33.4 Å². The Bertz CT molecular complexity index is 1760. The van der Waals surface area contributed by atoms with Crippen molar-refractivity contribution in [3.05, 3.63) is 83.9 Å². The van der Waals surface area contributed by atoms with Gasteiger partial charge in [-0.3, -0.25) is 0 Å². The monoisotopic (exact) mass is 530 g/mol. The molecule has 0 radical (unpaired) electrons. The van der Waals surface area contributed by atoms with Crippen molar-refractivity contribution in [3.63, 3.8) is 0 Å². The Labute approximate surface area is 236 Å². The summed E-state index contributed by atoms with van der Waals surface area (Å²) in [6.45, 7) is 6.27. The number of methoxy groups -OCH3 is 2. The Balaban J connectivity index is 1.81. The molecule has 2 N–H and O–H groups in total. The average molecular weight is 531 g/mol. The van der Waals surface area contributed by atoms with Crippen molar-refractivity contribution in [1.82, 2.24) is 0 Å². The standard InChI is InChI=1S/C35H36N3O2/c1-5-21-37-26-9-7-11-29(39-3)31(26)34-32-27(10-8-12-30(32)40-4)38(22-6-2)35-24(17-20-28(37)33(34)35)16-13-23-14-18-25(36)19-15-23/h7-20H,5-6,21-22,36H2,1-4H3/q+1/b16-13-. The van der Waals surface area contributed by atoms with Crippen LogP contribution < -0.4 is 24.7 Å². The molecule has 0 bridgehead atoms. The second-order valence-electron chi connectivity index (χ2n) is 10.3. The summed E-state index contributed by atoms with van der Waals surface area (Å²) in [4.78, 5) is 2.46. The molecule has 4 aromatic carbocycles. The number of nitrogens with two attached hydrogens (primary N) is 1. The Kier molecular flexibility index (Phi) is 6.81. The summed E-state index contributed by atoms with van der Waals surface area (Å²) in [6.07, 6.45) is 6.44. The maximum Gasteiger partial charge on any atom is 0.223 e. The van der Waals surface area contributed by atoms with Crippen molar-refractivity contribution in [2.24, 2.45) is 0 Å². The zero-order valence-electron chi connectivity index (χ0n) is 23.7. The van der Waals surface area contributed by atoms with Crippen molar-refractivity contribution >= 4 is 51.0 Å². The van der Waals surface area contributed by atoms with E-state index in [-0.39, 0.29) is 0 Å². The largest absolute Gasteiger partial charge is 0.496 e. The van der Waals surface area contributed by atoms with Gasteiger partial charge in [-0.1, -0.05) is 44.2 Å². The molecular formula is C35H36N3O2+. The van der Waals surface area contributed by atoms with E-state index in [0.717, 1.165) is 65.1 Å². The van der Waals surface area contributed by atoms with Gasteiger partial charge in [0.2, 0.25) is 11.0 Å². The maximum atomic E-state index is 6.03. The van der Waals surface area contributed by atoms with Crippen molar-refractivity contribution in [1.29, 1.82) is 0 Å². The fraction of sp³-hybridized carbons (Fsp3) is 0.229. The highest BCUT2D eigenvalue weighted by Gasteiger charge is 2.35. The van der Waals surface area contributed by atoms with Gasteiger partial charge in [-0.25, -0.2) is 0 Å². The summed E-state index contributed by atoms with van der Waals surface area (Å²) in [7, 11) is 3.52. The quantitative estimate of drug-likeness (QED) is 0.0956. The first-order valence-electron chi connectivity index (χ1n) is 14.1. The second-order valence-corrected chi connectivity index (χ2v) is 10.3. The normalized spacial score (nSPS) is 12.3. The molecule has 0 atom stereocenters. The van der Waals surface area contributed by atoms with E-state index in [2.05, 4.69) is 96.1 Å². The van der Waals surface area contributed by atoms with Crippen LogP contribution in [0.3, 0.4) is 0 Å². The highest BCUT2D eigenvalue weighted by molar-refractivity contribution is 6.21. The van der Waals surface area contributed by atoms with Gasteiger partial charge >= 0.3 is 0 Å². The van der Waals surface area contributed by atoms with Crippen LogP contribution in [-0.2, 0) is 6.54 Å². The number of hydrogen-bond acceptors (Lipinski definition) is 4. The van der Waals surface area contributed by atoms with Gasteiger partial charge in [0.15, 0.2) is 0 Å². The Morgan fingerprint density at radius 1 is 0.750 bits per heavy atom. The van der Waals surface area contributed by atoms with Gasteiger partial charge in [0, 0.05) is 41.4 Å². The summed E-state index contributed by atoms with van der Waals surface area (Å²) in [5, 5.41) is 2.35. The fourth-order valence-electron chi connectivity index (χ4n) is 6.16. The first-order valence-corrected chi connectivity index (χ1v) is 14.1. The van der Waals surface area contributed by atoms with Gasteiger partial charge in [0.1, 0.15) is 18.0 Å². The van der Waals surface area contributed by atoms with Gasteiger partial charge in [-0.05, 0) is 60.5 Å². The fourth-order valence-corrected chi connectivity index (χ4v) is 6.16. The molecule has 40 heavy (non-hydrogen) atoms. The van der Waals surface area contributed by atoms with Crippen LogP contribution in [0.25, 0.3) is 45.1 Å². The minimum absolute atomic E-state index is 0.767. The maximum absolute atomic E-state index is 6.03. The zero-order valence-corrected chi connectivity index (χ0v) is 23.7. The van der Waals surface area contributed by atoms with Crippen molar-refractivity contribution < 1.29 is 14.0 Å². The number of aromatic nitrogens is 1. The van der Waals surface area contributed by atoms with Crippen LogP contribution in [-0.4, -0.2) is 20.8 Å². The van der Waals surface area contributed by atoms with Gasteiger partial charge in [-0.2, -0.15) is 4.57 Å². The second kappa shape index (κ2) is 10.6. The van der Waals surface area contributed by atoms with Crippen LogP contribution in [0.4, 0.5) is 17.1 Å². The third-order valence-electron chi connectivity index (χ3n) is 7.81. The third kappa shape index (κ3) is 4.04. The van der Waals surface area contributed by atoms with Gasteiger partial charge in [0.25, 0.3) is 0 Å². The zero-order chi connectivity index (χ0) is 27.8. The van der Waals surface area contributed by atoms with Gasteiger partial charge in [-0.15, -0.1) is 0 Å². The van der Waals surface area contributed by atoms with E-state index in [1.807, 2.05) is 12.1 Å². The van der Waals surface area contributed by atoms with Crippen LogP contribution in [0.15, 0.2) is 72.8 Å². The van der Waals surface area contributed by atoms with Crippen molar-refractivity contribution in [2.45, 2.75) is 33.2 Å². The molecule has 0 aliphatic carbocycles. The smallest absolute Gasteiger partial charge is 0.223 e. The number of nitrogen functional groups attached to an aromatic ring is 1. The Hall–Kier alpha value is -4.51. The number of fused-ring (bicyclic) bond motifs is 4. The molecule has 0 saturated heterocycles. The van der Waals surface area contributed by atoms with Crippen LogP contribution in [0.5, 0.6) is 11.5 Å². The first kappa shape index (κ1) is 25.8. The summed E-state index contributed by atoms with van der Waals surface area (Å²) < 4.78 is 14.5. The summed E-state index contributed by atoms with van der Waals surface area (Å²) >= 11 is 0. The summed E-state index contributed by atoms with van der Waals surface area (Å²) in [5.41, 5.74) is 16.0. The number of anilines is 3. The lowest BCUT2D eigenvalue weighted by atomic mass is 9.87. The Morgan fingerprint density at radius 3 is 2.23 bits per heavy atom. The number of hydrogen-bond donors (Lipinski definition) is 1. The number of aryl methyl sites for hydroxylation is 1. The molecule has 2 heterocycles. The van der Waals surface area contributed by atoms with Crippen LogP contribution in [0.1, 0.15) is 37.8 Å². The first-order chi connectivity index (χ1) is 19.6. The van der Waals surface area contributed by atoms with E-state index >= 15 is 0 Å². The van der Waals surface area contributed by atoms with Crippen molar-refractivity contribution in [2.75, 3.05) is 31.4 Å². The van der Waals surface area contributed by atoms with Gasteiger partial charge < -0.3 is 20.1 Å². The molecule has 1 aliphatic rings. The minimum Gasteiger partial charge on any atom is -0.496 e. The summed E-state index contributed by atoms with van der Waals surface area (Å²) in [5.74, 6) is 1.74. The van der Waals surface area contributed by atoms with E-state index < -0.39 is 0 Å². The van der Waals surface area contributed by atoms with E-state index in [9.17, 15) is 0 Å². The third-order valence-corrected chi connectivity index (χ3v) is 7.81. The van der Waals surface area contributed by atoms with Crippen molar-refractivity contribution in [3.8, 4) is 22.6 Å². The SMILES string of the molecule is CCCN1c2cccc(OC)c2-c2c3c(OC)cccc3[n+](CCC)c3c(/C=C\c4ccc(N)cc4)ccc1c23. The highest BCUT2D eigenvalue weighted by atomic mass is 16.5. The number of benzene rings is 4. The minimum atomic E-state index is 0.767. The molecule has 5 heteroatoms. The average Bonchev–Trinajstić information content (AvgIpc) is 2.99. The predicted molar refractivity (Wildman–Crippen MR) is 168 cm³/mol. The number of ether oxygens (including phenoxy) is 2. The molecule has 0 spiro atoms. The molecule has 5 nitrogen and oxygen atoms in total. The number of pyridine rings is 1. The van der Waals surface area contributed by atoms with Crippen LogP contribution in [0.2, 0.25) is 0 Å².